The highest BCUT2D eigenvalue weighted by Crippen LogP contribution is 2.29. The summed E-state index contributed by atoms with van der Waals surface area (Å²) < 4.78 is 0. The fraction of sp³-hybridized carbons (Fsp3) is 0.333. The minimum atomic E-state index is -0.782. The molecule has 0 spiro atoms. The van der Waals surface area contributed by atoms with Crippen LogP contribution < -0.4 is 10.6 Å². The summed E-state index contributed by atoms with van der Waals surface area (Å²) in [6, 6.07) is 25.9. The molecule has 4 N–H and O–H groups in total. The number of amidine groups is 1. The minimum Gasteiger partial charge on any atom is -0.480 e. The summed E-state index contributed by atoms with van der Waals surface area (Å²) in [4.78, 5) is 19.4. The quantitative estimate of drug-likeness (QED) is 0.306. The zero-order chi connectivity index (χ0) is 25.8. The first-order chi connectivity index (χ1) is 18.0. The van der Waals surface area contributed by atoms with Gasteiger partial charge in [-0.2, -0.15) is 0 Å². The van der Waals surface area contributed by atoms with Gasteiger partial charge in [-0.15, -0.1) is 12.4 Å². The van der Waals surface area contributed by atoms with Crippen molar-refractivity contribution in [2.75, 3.05) is 44.2 Å². The fourth-order valence-electron chi connectivity index (χ4n) is 5.70. The first-order valence-corrected chi connectivity index (χ1v) is 13.1. The molecule has 0 saturated carbocycles. The smallest absolute Gasteiger partial charge is 0.325 e. The van der Waals surface area contributed by atoms with Gasteiger partial charge in [0.25, 0.3) is 0 Å². The van der Waals surface area contributed by atoms with Crippen LogP contribution in [0, 0.1) is 5.41 Å². The summed E-state index contributed by atoms with van der Waals surface area (Å²) in [5.74, 6) is -0.688. The van der Waals surface area contributed by atoms with E-state index in [0.717, 1.165) is 74.4 Å². The number of piperidine rings is 1. The molecule has 0 amide bonds. The van der Waals surface area contributed by atoms with Gasteiger partial charge in [0.15, 0.2) is 0 Å². The predicted octanol–water partition coefficient (Wildman–Crippen LogP) is 4.47. The molecule has 2 saturated heterocycles. The molecule has 7 nitrogen and oxygen atoms in total. The number of anilines is 1. The van der Waals surface area contributed by atoms with E-state index in [1.54, 1.807) is 0 Å². The van der Waals surface area contributed by atoms with E-state index in [4.69, 9.17) is 11.1 Å². The Labute approximate surface area is 230 Å². The molecule has 0 aromatic heterocycles. The Bertz CT molecular complexity index is 1200. The average Bonchev–Trinajstić information content (AvgIpc) is 2.94. The monoisotopic (exact) mass is 533 g/mol. The van der Waals surface area contributed by atoms with Gasteiger partial charge in [0.05, 0.1) is 0 Å². The number of carbonyl (C=O) groups is 1. The van der Waals surface area contributed by atoms with E-state index in [0.29, 0.717) is 6.04 Å². The van der Waals surface area contributed by atoms with Crippen molar-refractivity contribution in [3.8, 4) is 11.1 Å². The summed E-state index contributed by atoms with van der Waals surface area (Å²) in [6.45, 7) is 5.50. The standard InChI is InChI=1S/C30H35N5O2.ClH/c31-29(32)25-10-12-26(13-11-25)33-18-20-34(21-19-33)27-14-16-35(17-15-27)28(30(36)37)24-8-6-23(7-9-24)22-4-2-1-3-5-22;/h1-13,27-28H,14-21H2,(H3,31,32)(H,36,37);1H. The molecular weight excluding hydrogens is 498 g/mol. The summed E-state index contributed by atoms with van der Waals surface area (Å²) in [5.41, 5.74) is 10.6. The van der Waals surface area contributed by atoms with Gasteiger partial charge in [-0.25, -0.2) is 0 Å². The van der Waals surface area contributed by atoms with Crippen molar-refractivity contribution in [1.82, 2.24) is 9.80 Å². The molecule has 5 rings (SSSR count). The van der Waals surface area contributed by atoms with Crippen LogP contribution in [-0.2, 0) is 4.79 Å². The summed E-state index contributed by atoms with van der Waals surface area (Å²) in [6.07, 6.45) is 1.97. The summed E-state index contributed by atoms with van der Waals surface area (Å²) in [7, 11) is 0. The van der Waals surface area contributed by atoms with E-state index in [2.05, 4.69) is 26.8 Å². The number of carboxylic acids is 1. The highest BCUT2D eigenvalue weighted by atomic mass is 35.5. The molecule has 2 aliphatic rings. The lowest BCUT2D eigenvalue weighted by Gasteiger charge is -2.44. The molecule has 0 radical (unpaired) electrons. The second-order valence-corrected chi connectivity index (χ2v) is 9.98. The molecule has 38 heavy (non-hydrogen) atoms. The Balaban J connectivity index is 0.00000336. The number of rotatable bonds is 7. The number of hydrogen-bond acceptors (Lipinski definition) is 5. The number of piperazine rings is 1. The van der Waals surface area contributed by atoms with E-state index < -0.39 is 12.0 Å². The molecule has 1 unspecified atom stereocenters. The lowest BCUT2D eigenvalue weighted by molar-refractivity contribution is -0.144. The van der Waals surface area contributed by atoms with Crippen molar-refractivity contribution in [2.24, 2.45) is 5.73 Å². The molecule has 2 heterocycles. The van der Waals surface area contributed by atoms with E-state index >= 15 is 0 Å². The Morgan fingerprint density at radius 3 is 1.95 bits per heavy atom. The van der Waals surface area contributed by atoms with Crippen molar-refractivity contribution in [3.05, 3.63) is 90.0 Å². The number of benzene rings is 3. The van der Waals surface area contributed by atoms with Gasteiger partial charge in [0.1, 0.15) is 11.9 Å². The maximum atomic E-state index is 12.3. The van der Waals surface area contributed by atoms with Gasteiger partial charge in [-0.05, 0) is 53.8 Å². The van der Waals surface area contributed by atoms with Crippen LogP contribution in [0.15, 0.2) is 78.9 Å². The minimum absolute atomic E-state index is 0. The van der Waals surface area contributed by atoms with Gasteiger partial charge < -0.3 is 15.7 Å². The fourth-order valence-corrected chi connectivity index (χ4v) is 5.70. The van der Waals surface area contributed by atoms with Crippen molar-refractivity contribution in [3.63, 3.8) is 0 Å². The maximum Gasteiger partial charge on any atom is 0.325 e. The number of hydrogen-bond donors (Lipinski definition) is 3. The van der Waals surface area contributed by atoms with Crippen LogP contribution in [0.3, 0.4) is 0 Å². The van der Waals surface area contributed by atoms with Crippen molar-refractivity contribution < 1.29 is 9.90 Å². The van der Waals surface area contributed by atoms with Gasteiger partial charge in [0.2, 0.25) is 0 Å². The Morgan fingerprint density at radius 1 is 0.816 bits per heavy atom. The van der Waals surface area contributed by atoms with Crippen LogP contribution >= 0.6 is 12.4 Å². The number of carboxylic acid groups (broad SMARTS) is 1. The molecule has 2 aliphatic heterocycles. The third-order valence-electron chi connectivity index (χ3n) is 7.81. The third-order valence-corrected chi connectivity index (χ3v) is 7.81. The van der Waals surface area contributed by atoms with Crippen LogP contribution in [0.4, 0.5) is 5.69 Å². The zero-order valence-electron chi connectivity index (χ0n) is 21.5. The van der Waals surface area contributed by atoms with E-state index in [1.165, 1.54) is 5.69 Å². The van der Waals surface area contributed by atoms with E-state index in [-0.39, 0.29) is 18.2 Å². The largest absolute Gasteiger partial charge is 0.480 e. The van der Waals surface area contributed by atoms with E-state index in [9.17, 15) is 9.90 Å². The molecule has 200 valence electrons. The number of aliphatic carboxylic acids is 1. The number of nitrogens with two attached hydrogens (primary N) is 1. The van der Waals surface area contributed by atoms with Gasteiger partial charge in [-0.1, -0.05) is 54.6 Å². The van der Waals surface area contributed by atoms with Crippen molar-refractivity contribution in [1.29, 1.82) is 5.41 Å². The third kappa shape index (κ3) is 6.18. The predicted molar refractivity (Wildman–Crippen MR) is 155 cm³/mol. The topological polar surface area (TPSA) is 96.9 Å². The number of nitrogen functional groups attached to an aromatic ring is 1. The molecule has 0 aliphatic carbocycles. The molecule has 0 bridgehead atoms. The normalized spacial score (nSPS) is 17.9. The first kappa shape index (κ1) is 27.6. The number of likely N-dealkylation sites (tertiary alicyclic amines) is 1. The van der Waals surface area contributed by atoms with Crippen molar-refractivity contribution >= 4 is 29.9 Å². The second-order valence-electron chi connectivity index (χ2n) is 9.98. The number of nitrogens with one attached hydrogen (secondary N) is 1. The highest BCUT2D eigenvalue weighted by molar-refractivity contribution is 5.95. The van der Waals surface area contributed by atoms with Crippen LogP contribution in [-0.4, -0.2) is 72.0 Å². The van der Waals surface area contributed by atoms with E-state index in [1.807, 2.05) is 66.7 Å². The Kier molecular flexibility index (Phi) is 9.05. The molecule has 2 fully saturated rings. The lowest BCUT2D eigenvalue weighted by Crippen LogP contribution is -2.54. The summed E-state index contributed by atoms with van der Waals surface area (Å²) in [5, 5.41) is 17.7. The molecule has 3 aromatic carbocycles. The number of nitrogens with zero attached hydrogens (tertiary/aromatic N) is 3. The number of halogens is 1. The molecule has 3 aromatic rings. The maximum absolute atomic E-state index is 12.3. The second kappa shape index (κ2) is 12.4. The lowest BCUT2D eigenvalue weighted by atomic mass is 9.96. The zero-order valence-corrected chi connectivity index (χ0v) is 22.3. The Hall–Kier alpha value is -3.39. The highest BCUT2D eigenvalue weighted by Gasteiger charge is 2.33. The molecular formula is C30H36ClN5O2. The SMILES string of the molecule is Cl.N=C(N)c1ccc(N2CCN(C3CCN(C(C(=O)O)c4ccc(-c5ccccc5)cc4)CC3)CC2)cc1. The van der Waals surface area contributed by atoms with Gasteiger partial charge in [0, 0.05) is 56.6 Å². The van der Waals surface area contributed by atoms with Gasteiger partial charge >= 0.3 is 5.97 Å². The first-order valence-electron chi connectivity index (χ1n) is 13.1. The van der Waals surface area contributed by atoms with Crippen LogP contribution in [0.1, 0.15) is 30.0 Å². The van der Waals surface area contributed by atoms with Gasteiger partial charge in [-0.3, -0.25) is 20.0 Å². The van der Waals surface area contributed by atoms with Crippen LogP contribution in [0.5, 0.6) is 0 Å². The molecule has 1 atom stereocenters. The van der Waals surface area contributed by atoms with Crippen LogP contribution in [0.25, 0.3) is 11.1 Å². The average molecular weight is 534 g/mol. The van der Waals surface area contributed by atoms with Crippen molar-refractivity contribution in [2.45, 2.75) is 24.9 Å². The van der Waals surface area contributed by atoms with Crippen LogP contribution in [0.2, 0.25) is 0 Å². The summed E-state index contributed by atoms with van der Waals surface area (Å²) >= 11 is 0. The molecule has 8 heteroatoms. The Morgan fingerprint density at radius 2 is 1.39 bits per heavy atom.